The fourth-order valence-electron chi connectivity index (χ4n) is 1.01. The van der Waals surface area contributed by atoms with Gasteiger partial charge in [0.2, 0.25) is 5.91 Å². The van der Waals surface area contributed by atoms with E-state index in [9.17, 15) is 4.79 Å². The molecular formula is C11H24N2O2. The Kier molecular flexibility index (Phi) is 7.34. The minimum atomic E-state index is -0.0592. The number of amides is 1. The van der Waals surface area contributed by atoms with Crippen molar-refractivity contribution in [3.8, 4) is 0 Å². The van der Waals surface area contributed by atoms with Crippen LogP contribution in [0.1, 0.15) is 34.1 Å². The number of hydrogen-bond donors (Lipinski definition) is 2. The third-order valence-electron chi connectivity index (χ3n) is 2.15. The highest BCUT2D eigenvalue weighted by molar-refractivity contribution is 5.76. The fourth-order valence-corrected chi connectivity index (χ4v) is 1.01. The van der Waals surface area contributed by atoms with E-state index >= 15 is 0 Å². The molecule has 1 amide bonds. The zero-order valence-corrected chi connectivity index (χ0v) is 10.2. The van der Waals surface area contributed by atoms with Gasteiger partial charge in [0.15, 0.2) is 0 Å². The second-order valence-corrected chi connectivity index (χ2v) is 4.38. The maximum Gasteiger partial charge on any atom is 0.221 e. The molecule has 15 heavy (non-hydrogen) atoms. The Morgan fingerprint density at radius 3 is 2.40 bits per heavy atom. The summed E-state index contributed by atoms with van der Waals surface area (Å²) in [5.41, 5.74) is 5.78. The molecule has 0 saturated heterocycles. The number of carbonyl (C=O) groups excluding carboxylic acids is 1. The molecule has 0 aliphatic rings. The Labute approximate surface area is 92.6 Å². The fraction of sp³-hybridized carbons (Fsp3) is 0.909. The minimum Gasteiger partial charge on any atom is -0.377 e. The number of rotatable bonds is 7. The van der Waals surface area contributed by atoms with Crippen LogP contribution in [0.15, 0.2) is 0 Å². The predicted molar refractivity (Wildman–Crippen MR) is 61.5 cm³/mol. The van der Waals surface area contributed by atoms with Gasteiger partial charge in [-0.05, 0) is 19.8 Å². The highest BCUT2D eigenvalue weighted by Gasteiger charge is 2.12. The summed E-state index contributed by atoms with van der Waals surface area (Å²) in [6, 6.07) is -0.0592. The lowest BCUT2D eigenvalue weighted by Crippen LogP contribution is -2.36. The Balaban J connectivity index is 3.49. The summed E-state index contributed by atoms with van der Waals surface area (Å²) >= 11 is 0. The Bertz CT molecular complexity index is 181. The first-order valence-corrected chi connectivity index (χ1v) is 5.57. The molecule has 0 aromatic heterocycles. The normalized spacial score (nSPS) is 13.3. The lowest BCUT2D eigenvalue weighted by molar-refractivity contribution is -0.121. The number of hydrogen-bond acceptors (Lipinski definition) is 3. The molecule has 3 N–H and O–H groups in total. The van der Waals surface area contributed by atoms with Crippen molar-refractivity contribution in [1.82, 2.24) is 5.32 Å². The molecule has 1 unspecified atom stereocenters. The summed E-state index contributed by atoms with van der Waals surface area (Å²) in [7, 11) is 0. The second-order valence-electron chi connectivity index (χ2n) is 4.38. The van der Waals surface area contributed by atoms with Crippen LogP contribution in [0.25, 0.3) is 0 Å². The van der Waals surface area contributed by atoms with Gasteiger partial charge in [-0.1, -0.05) is 13.8 Å². The smallest absolute Gasteiger partial charge is 0.221 e. The minimum absolute atomic E-state index is 0.00329. The lowest BCUT2D eigenvalue weighted by atomic mass is 10.0. The van der Waals surface area contributed by atoms with E-state index in [0.717, 1.165) is 0 Å². The highest BCUT2D eigenvalue weighted by Crippen LogP contribution is 2.01. The van der Waals surface area contributed by atoms with E-state index < -0.39 is 0 Å². The largest absolute Gasteiger partial charge is 0.377 e. The van der Waals surface area contributed by atoms with E-state index in [-0.39, 0.29) is 18.1 Å². The van der Waals surface area contributed by atoms with Crippen molar-refractivity contribution >= 4 is 5.91 Å². The molecular weight excluding hydrogens is 192 g/mol. The zero-order valence-electron chi connectivity index (χ0n) is 10.2. The monoisotopic (exact) mass is 216 g/mol. The summed E-state index contributed by atoms with van der Waals surface area (Å²) in [5, 5.41) is 2.78. The first-order valence-electron chi connectivity index (χ1n) is 5.57. The molecule has 4 heteroatoms. The summed E-state index contributed by atoms with van der Waals surface area (Å²) < 4.78 is 5.30. The molecule has 0 aromatic rings. The van der Waals surface area contributed by atoms with Crippen LogP contribution in [0.4, 0.5) is 0 Å². The molecule has 0 rings (SSSR count). The molecule has 0 fully saturated rings. The Hall–Kier alpha value is -0.610. The molecule has 0 aliphatic heterocycles. The van der Waals surface area contributed by atoms with Crippen molar-refractivity contribution in [3.05, 3.63) is 0 Å². The van der Waals surface area contributed by atoms with Crippen LogP contribution in [-0.2, 0) is 9.53 Å². The molecule has 0 aliphatic carbocycles. The molecule has 90 valence electrons. The van der Waals surface area contributed by atoms with E-state index in [1.165, 1.54) is 0 Å². The molecule has 0 spiro atoms. The molecule has 1 atom stereocenters. The van der Waals surface area contributed by atoms with Gasteiger partial charge in [-0.3, -0.25) is 4.79 Å². The van der Waals surface area contributed by atoms with Crippen LogP contribution in [0, 0.1) is 5.92 Å². The van der Waals surface area contributed by atoms with Gasteiger partial charge in [0.1, 0.15) is 0 Å². The average molecular weight is 216 g/mol. The van der Waals surface area contributed by atoms with E-state index in [1.807, 2.05) is 27.7 Å². The molecule has 0 heterocycles. The lowest BCUT2D eigenvalue weighted by Gasteiger charge is -2.15. The van der Waals surface area contributed by atoms with Crippen molar-refractivity contribution in [1.29, 1.82) is 0 Å². The zero-order chi connectivity index (χ0) is 11.8. The van der Waals surface area contributed by atoms with Gasteiger partial charge in [-0.25, -0.2) is 0 Å². The third-order valence-corrected chi connectivity index (χ3v) is 2.15. The van der Waals surface area contributed by atoms with Gasteiger partial charge in [0.05, 0.1) is 12.7 Å². The Morgan fingerprint density at radius 1 is 1.33 bits per heavy atom. The molecule has 0 bridgehead atoms. The van der Waals surface area contributed by atoms with Crippen LogP contribution in [0.5, 0.6) is 0 Å². The van der Waals surface area contributed by atoms with Crippen LogP contribution in [0.2, 0.25) is 0 Å². The maximum absolute atomic E-state index is 11.4. The first-order chi connectivity index (χ1) is 6.93. The van der Waals surface area contributed by atoms with Gasteiger partial charge in [0, 0.05) is 19.0 Å². The molecule has 0 radical (unpaired) electrons. The van der Waals surface area contributed by atoms with Crippen LogP contribution in [0.3, 0.4) is 0 Å². The van der Waals surface area contributed by atoms with Crippen molar-refractivity contribution in [2.45, 2.75) is 46.3 Å². The van der Waals surface area contributed by atoms with Gasteiger partial charge in [0.25, 0.3) is 0 Å². The molecule has 0 aromatic carbocycles. The Morgan fingerprint density at radius 2 is 1.93 bits per heavy atom. The van der Waals surface area contributed by atoms with Crippen molar-refractivity contribution in [2.24, 2.45) is 11.7 Å². The predicted octanol–water partition coefficient (Wildman–Crippen LogP) is 0.901. The highest BCUT2D eigenvalue weighted by atomic mass is 16.5. The quantitative estimate of drug-likeness (QED) is 0.621. The van der Waals surface area contributed by atoms with Gasteiger partial charge < -0.3 is 15.8 Å². The van der Waals surface area contributed by atoms with E-state index in [2.05, 4.69) is 5.32 Å². The van der Waals surface area contributed by atoms with E-state index in [1.54, 1.807) is 0 Å². The summed E-state index contributed by atoms with van der Waals surface area (Å²) in [6.45, 7) is 9.08. The van der Waals surface area contributed by atoms with Crippen molar-refractivity contribution < 1.29 is 9.53 Å². The number of ether oxygens (including phenoxy) is 1. The first kappa shape index (κ1) is 14.4. The molecule has 4 nitrogen and oxygen atoms in total. The SMILES string of the molecule is CC(C)OCCNC(=O)CC(N)C(C)C. The topological polar surface area (TPSA) is 64.3 Å². The standard InChI is InChI=1S/C11H24N2O2/c1-8(2)10(12)7-11(14)13-5-6-15-9(3)4/h8-10H,5-7,12H2,1-4H3,(H,13,14). The summed E-state index contributed by atoms with van der Waals surface area (Å²) in [6.07, 6.45) is 0.596. The van der Waals surface area contributed by atoms with Gasteiger partial charge in [-0.15, -0.1) is 0 Å². The summed E-state index contributed by atoms with van der Waals surface area (Å²) in [5.74, 6) is 0.339. The van der Waals surface area contributed by atoms with Crippen LogP contribution in [-0.4, -0.2) is 31.2 Å². The van der Waals surface area contributed by atoms with Crippen LogP contribution >= 0.6 is 0 Å². The molecule has 0 saturated carbocycles. The summed E-state index contributed by atoms with van der Waals surface area (Å²) in [4.78, 5) is 11.4. The maximum atomic E-state index is 11.4. The number of nitrogens with two attached hydrogens (primary N) is 1. The second kappa shape index (κ2) is 7.65. The van der Waals surface area contributed by atoms with Crippen molar-refractivity contribution in [2.75, 3.05) is 13.2 Å². The number of carbonyl (C=O) groups is 1. The van der Waals surface area contributed by atoms with Gasteiger partial charge in [-0.2, -0.15) is 0 Å². The van der Waals surface area contributed by atoms with Crippen LogP contribution < -0.4 is 11.1 Å². The van der Waals surface area contributed by atoms with E-state index in [4.69, 9.17) is 10.5 Å². The van der Waals surface area contributed by atoms with Gasteiger partial charge >= 0.3 is 0 Å². The average Bonchev–Trinajstić information content (AvgIpc) is 2.12. The van der Waals surface area contributed by atoms with E-state index in [0.29, 0.717) is 25.5 Å². The third kappa shape index (κ3) is 8.39. The number of nitrogens with one attached hydrogen (secondary N) is 1. The van der Waals surface area contributed by atoms with Crippen molar-refractivity contribution in [3.63, 3.8) is 0 Å².